The third-order valence-corrected chi connectivity index (χ3v) is 2.53. The lowest BCUT2D eigenvalue weighted by atomic mass is 10.3. The highest BCUT2D eigenvalue weighted by molar-refractivity contribution is 4.68. The molecule has 0 aliphatic heterocycles. The topological polar surface area (TPSA) is 18.5 Å². The Morgan fingerprint density at radius 3 is 1.28 bits per heavy atom. The average Bonchev–Trinajstić information content (AvgIpc) is 2.38. The van der Waals surface area contributed by atoms with E-state index in [2.05, 4.69) is 9.47 Å². The lowest BCUT2D eigenvalue weighted by Crippen LogP contribution is -2.38. The molecule has 0 fully saturated rings. The second-order valence-corrected chi connectivity index (χ2v) is 5.26. The highest BCUT2D eigenvalue weighted by Gasteiger charge is 2.50. The van der Waals surface area contributed by atoms with E-state index in [4.69, 9.17) is 0 Å². The first-order chi connectivity index (χ1) is 12.4. The predicted molar refractivity (Wildman–Crippen MR) is 64.6 cm³/mol. The summed E-state index contributed by atoms with van der Waals surface area (Å²) in [5.41, 5.74) is 0. The zero-order valence-corrected chi connectivity index (χ0v) is 14.1. The van der Waals surface area contributed by atoms with Crippen LogP contribution in [0.15, 0.2) is 0 Å². The van der Waals surface area contributed by atoms with E-state index >= 15 is 0 Å². The average molecular weight is 474 g/mol. The molecule has 0 N–H and O–H groups in total. The molecule has 0 aliphatic carbocycles. The zero-order chi connectivity index (χ0) is 24.1. The monoisotopic (exact) mass is 474 g/mol. The standard InChI is InChI=1S/C6H6F8O.C6H7F7O/c1-3(6(12,13)14)15-5(10,11)2-4(7,8)9;1-3(5(8,9)10)14-2-4(7)6(11,12)13/h3H,2H2,1H3;3-4H,2H2,1H3. The third kappa shape index (κ3) is 15.4. The highest BCUT2D eigenvalue weighted by Crippen LogP contribution is 2.36. The number of alkyl halides is 15. The lowest BCUT2D eigenvalue weighted by Gasteiger charge is -2.24. The molecule has 0 radical (unpaired) electrons. The first-order valence-electron chi connectivity index (χ1n) is 6.96. The minimum Gasteiger partial charge on any atom is -0.366 e. The van der Waals surface area contributed by atoms with E-state index < -0.39 is 62.2 Å². The van der Waals surface area contributed by atoms with Gasteiger partial charge in [0.15, 0.2) is 12.2 Å². The Kier molecular flexibility index (Phi) is 10.6. The Bertz CT molecular complexity index is 442. The fourth-order valence-corrected chi connectivity index (χ4v) is 1.02. The van der Waals surface area contributed by atoms with Crippen molar-refractivity contribution in [2.45, 2.75) is 69.5 Å². The molecule has 3 unspecified atom stereocenters. The molecular weight excluding hydrogens is 461 g/mol. The molecule has 0 saturated heterocycles. The molecule has 2 nitrogen and oxygen atoms in total. The molecule has 0 aliphatic rings. The molecule has 0 saturated carbocycles. The molecular formula is C12H13F15O2. The number of hydrogen-bond donors (Lipinski definition) is 0. The van der Waals surface area contributed by atoms with Crippen LogP contribution in [0.3, 0.4) is 0 Å². The molecule has 0 aromatic carbocycles. The maximum absolute atomic E-state index is 12.3. The molecule has 0 heterocycles. The van der Waals surface area contributed by atoms with E-state index in [0.717, 1.165) is 0 Å². The summed E-state index contributed by atoms with van der Waals surface area (Å²) >= 11 is 0. The van der Waals surface area contributed by atoms with Gasteiger partial charge in [-0.1, -0.05) is 0 Å². The Balaban J connectivity index is 0. The van der Waals surface area contributed by atoms with Crippen molar-refractivity contribution < 1.29 is 75.3 Å². The van der Waals surface area contributed by atoms with Crippen LogP contribution in [0.1, 0.15) is 20.3 Å². The van der Waals surface area contributed by atoms with Gasteiger partial charge in [-0.2, -0.15) is 61.5 Å². The fraction of sp³-hybridized carbons (Fsp3) is 1.00. The van der Waals surface area contributed by atoms with E-state index in [1.165, 1.54) is 0 Å². The van der Waals surface area contributed by atoms with Gasteiger partial charge in [0, 0.05) is 0 Å². The summed E-state index contributed by atoms with van der Waals surface area (Å²) in [6.07, 6.45) is -36.8. The SMILES string of the molecule is CC(OC(F)(F)CC(F)(F)F)C(F)(F)F.CC(OCC(F)C(F)(F)F)C(F)(F)F. The van der Waals surface area contributed by atoms with Crippen LogP contribution in [0, 0.1) is 0 Å². The second kappa shape index (κ2) is 10.3. The Morgan fingerprint density at radius 1 is 0.621 bits per heavy atom. The van der Waals surface area contributed by atoms with Crippen molar-refractivity contribution in [3.63, 3.8) is 0 Å². The van der Waals surface area contributed by atoms with Crippen LogP contribution in [0.4, 0.5) is 65.9 Å². The quantitative estimate of drug-likeness (QED) is 0.418. The zero-order valence-electron chi connectivity index (χ0n) is 14.1. The van der Waals surface area contributed by atoms with Gasteiger partial charge in [0.1, 0.15) is 6.42 Å². The van der Waals surface area contributed by atoms with Crippen molar-refractivity contribution >= 4 is 0 Å². The minimum atomic E-state index is -5.30. The van der Waals surface area contributed by atoms with Gasteiger partial charge in [-0.25, -0.2) is 4.39 Å². The normalized spacial score (nSPS) is 17.3. The van der Waals surface area contributed by atoms with Crippen LogP contribution < -0.4 is 0 Å². The van der Waals surface area contributed by atoms with Crippen LogP contribution in [0.25, 0.3) is 0 Å². The Hall–Kier alpha value is -1.13. The Morgan fingerprint density at radius 2 is 1.00 bits per heavy atom. The Labute approximate surface area is 152 Å². The lowest BCUT2D eigenvalue weighted by molar-refractivity contribution is -0.345. The maximum Gasteiger partial charge on any atom is 0.421 e. The largest absolute Gasteiger partial charge is 0.421 e. The maximum atomic E-state index is 12.3. The molecule has 0 rings (SSSR count). The van der Waals surface area contributed by atoms with Gasteiger partial charge in [-0.15, -0.1) is 0 Å². The van der Waals surface area contributed by atoms with E-state index in [-0.39, 0.29) is 6.92 Å². The highest BCUT2D eigenvalue weighted by atomic mass is 19.4. The van der Waals surface area contributed by atoms with Gasteiger partial charge < -0.3 is 9.47 Å². The summed E-state index contributed by atoms with van der Waals surface area (Å²) in [7, 11) is 0. The molecule has 17 heteroatoms. The van der Waals surface area contributed by atoms with E-state index in [0.29, 0.717) is 6.92 Å². The van der Waals surface area contributed by atoms with Crippen LogP contribution >= 0.6 is 0 Å². The van der Waals surface area contributed by atoms with Crippen molar-refractivity contribution in [2.24, 2.45) is 0 Å². The molecule has 29 heavy (non-hydrogen) atoms. The van der Waals surface area contributed by atoms with Gasteiger partial charge in [-0.05, 0) is 13.8 Å². The number of halogens is 15. The van der Waals surface area contributed by atoms with Crippen LogP contribution in [0.5, 0.6) is 0 Å². The number of hydrogen-bond acceptors (Lipinski definition) is 2. The van der Waals surface area contributed by atoms with Gasteiger partial charge >= 0.3 is 30.8 Å². The van der Waals surface area contributed by atoms with Crippen molar-refractivity contribution in [2.75, 3.05) is 6.61 Å². The molecule has 178 valence electrons. The van der Waals surface area contributed by atoms with E-state index in [1.807, 2.05) is 0 Å². The van der Waals surface area contributed by atoms with Crippen LogP contribution in [-0.4, -0.2) is 55.8 Å². The summed E-state index contributed by atoms with van der Waals surface area (Å²) in [5, 5.41) is 0. The minimum absolute atomic E-state index is 0.199. The van der Waals surface area contributed by atoms with Gasteiger partial charge in [0.2, 0.25) is 6.17 Å². The second-order valence-electron chi connectivity index (χ2n) is 5.26. The van der Waals surface area contributed by atoms with Crippen molar-refractivity contribution in [3.8, 4) is 0 Å². The summed E-state index contributed by atoms with van der Waals surface area (Å²) in [5.74, 6) is 0. The molecule has 0 aromatic heterocycles. The third-order valence-electron chi connectivity index (χ3n) is 2.53. The summed E-state index contributed by atoms with van der Waals surface area (Å²) < 4.78 is 182. The molecule has 0 amide bonds. The summed E-state index contributed by atoms with van der Waals surface area (Å²) in [6.45, 7) is -0.947. The predicted octanol–water partition coefficient (Wildman–Crippen LogP) is 6.35. The van der Waals surface area contributed by atoms with E-state index in [1.54, 1.807) is 0 Å². The fourth-order valence-electron chi connectivity index (χ4n) is 1.02. The van der Waals surface area contributed by atoms with Crippen LogP contribution in [-0.2, 0) is 9.47 Å². The molecule has 0 spiro atoms. The van der Waals surface area contributed by atoms with Gasteiger partial charge in [0.05, 0.1) is 6.61 Å². The van der Waals surface area contributed by atoms with Gasteiger partial charge in [0.25, 0.3) is 0 Å². The molecule has 0 bridgehead atoms. The summed E-state index contributed by atoms with van der Waals surface area (Å²) in [4.78, 5) is 0. The number of rotatable bonds is 6. The first kappa shape index (κ1) is 30.1. The number of ether oxygens (including phenoxy) is 2. The summed E-state index contributed by atoms with van der Waals surface area (Å²) in [6, 6.07) is 0. The van der Waals surface area contributed by atoms with Crippen molar-refractivity contribution in [1.29, 1.82) is 0 Å². The van der Waals surface area contributed by atoms with Crippen molar-refractivity contribution in [1.82, 2.24) is 0 Å². The van der Waals surface area contributed by atoms with E-state index in [9.17, 15) is 65.9 Å². The smallest absolute Gasteiger partial charge is 0.366 e. The van der Waals surface area contributed by atoms with Gasteiger partial charge in [-0.3, -0.25) is 0 Å². The molecule has 3 atom stereocenters. The first-order valence-corrected chi connectivity index (χ1v) is 6.96. The molecule has 0 aromatic rings. The van der Waals surface area contributed by atoms with Crippen LogP contribution in [0.2, 0.25) is 0 Å². The van der Waals surface area contributed by atoms with Crippen molar-refractivity contribution in [3.05, 3.63) is 0 Å².